The summed E-state index contributed by atoms with van der Waals surface area (Å²) in [6.45, 7) is 12.3. The van der Waals surface area contributed by atoms with Gasteiger partial charge in [0.05, 0.1) is 0 Å². The second kappa shape index (κ2) is 6.97. The predicted octanol–water partition coefficient (Wildman–Crippen LogP) is 3.45. The monoisotopic (exact) mass is 288 g/mol. The summed E-state index contributed by atoms with van der Waals surface area (Å²) in [5, 5.41) is 0. The Kier molecular flexibility index (Phi) is 5.27. The van der Waals surface area contributed by atoms with Crippen LogP contribution in [-0.4, -0.2) is 37.0 Å². The van der Waals surface area contributed by atoms with E-state index in [4.69, 9.17) is 0 Å². The van der Waals surface area contributed by atoms with Crippen LogP contribution in [0.25, 0.3) is 0 Å². The Balaban J connectivity index is 2.00. The molecule has 1 amide bonds. The number of hydrogen-bond donors (Lipinski definition) is 0. The Morgan fingerprint density at radius 3 is 2.14 bits per heavy atom. The van der Waals surface area contributed by atoms with Gasteiger partial charge in [0.25, 0.3) is 0 Å². The van der Waals surface area contributed by atoms with Crippen LogP contribution in [0.4, 0.5) is 5.69 Å². The lowest BCUT2D eigenvalue weighted by atomic mass is 10.0. The molecule has 0 aromatic heterocycles. The molecule has 2 rings (SSSR count). The molecule has 1 aliphatic heterocycles. The minimum atomic E-state index is 0.328. The zero-order valence-electron chi connectivity index (χ0n) is 13.9. The highest BCUT2D eigenvalue weighted by Crippen LogP contribution is 2.27. The minimum Gasteiger partial charge on any atom is -0.368 e. The van der Waals surface area contributed by atoms with E-state index in [2.05, 4.69) is 44.7 Å². The number of carbonyl (C=O) groups is 1. The number of amides is 1. The predicted molar refractivity (Wildman–Crippen MR) is 89.0 cm³/mol. The fraction of sp³-hybridized carbons (Fsp3) is 0.611. The number of piperazine rings is 1. The Labute approximate surface area is 128 Å². The fourth-order valence-corrected chi connectivity index (χ4v) is 3.34. The summed E-state index contributed by atoms with van der Waals surface area (Å²) in [4.78, 5) is 16.6. The van der Waals surface area contributed by atoms with Crippen molar-refractivity contribution in [2.75, 3.05) is 31.1 Å². The van der Waals surface area contributed by atoms with Gasteiger partial charge < -0.3 is 9.80 Å². The normalized spacial score (nSPS) is 15.4. The number of unbranched alkanes of at least 4 members (excludes halogenated alkanes) is 1. The molecule has 1 saturated heterocycles. The molecule has 0 unspecified atom stereocenters. The lowest BCUT2D eigenvalue weighted by Crippen LogP contribution is -2.49. The third-order valence-corrected chi connectivity index (χ3v) is 4.33. The van der Waals surface area contributed by atoms with Crippen molar-refractivity contribution < 1.29 is 4.79 Å². The van der Waals surface area contributed by atoms with Gasteiger partial charge in [0.1, 0.15) is 0 Å². The van der Waals surface area contributed by atoms with E-state index in [-0.39, 0.29) is 0 Å². The SMILES string of the molecule is CCCCC(=O)N1CCN(c2c(C)cc(C)cc2C)CC1. The summed E-state index contributed by atoms with van der Waals surface area (Å²) in [5.74, 6) is 0.328. The van der Waals surface area contributed by atoms with Gasteiger partial charge in [0.2, 0.25) is 5.91 Å². The molecule has 1 aliphatic rings. The number of aryl methyl sites for hydroxylation is 3. The summed E-state index contributed by atoms with van der Waals surface area (Å²) in [5.41, 5.74) is 5.37. The van der Waals surface area contributed by atoms with Crippen LogP contribution >= 0.6 is 0 Å². The molecule has 1 aromatic carbocycles. The Morgan fingerprint density at radius 1 is 1.05 bits per heavy atom. The van der Waals surface area contributed by atoms with Crippen molar-refractivity contribution in [1.29, 1.82) is 0 Å². The average molecular weight is 288 g/mol. The molecule has 0 atom stereocenters. The van der Waals surface area contributed by atoms with E-state index in [1.54, 1.807) is 0 Å². The minimum absolute atomic E-state index is 0.328. The highest BCUT2D eigenvalue weighted by atomic mass is 16.2. The molecule has 1 aromatic rings. The van der Waals surface area contributed by atoms with E-state index in [0.717, 1.165) is 39.0 Å². The maximum absolute atomic E-state index is 12.1. The Hall–Kier alpha value is -1.51. The lowest BCUT2D eigenvalue weighted by molar-refractivity contribution is -0.131. The van der Waals surface area contributed by atoms with Crippen molar-refractivity contribution in [3.05, 3.63) is 28.8 Å². The van der Waals surface area contributed by atoms with Crippen molar-refractivity contribution in [2.24, 2.45) is 0 Å². The largest absolute Gasteiger partial charge is 0.368 e. The molecule has 3 nitrogen and oxygen atoms in total. The number of carbonyl (C=O) groups excluding carboxylic acids is 1. The smallest absolute Gasteiger partial charge is 0.222 e. The average Bonchev–Trinajstić information content (AvgIpc) is 2.44. The Morgan fingerprint density at radius 2 is 1.62 bits per heavy atom. The molecule has 0 saturated carbocycles. The molecular formula is C18H28N2O. The van der Waals surface area contributed by atoms with Crippen molar-refractivity contribution in [2.45, 2.75) is 47.0 Å². The first-order valence-corrected chi connectivity index (χ1v) is 8.13. The number of hydrogen-bond acceptors (Lipinski definition) is 2. The van der Waals surface area contributed by atoms with Crippen LogP contribution < -0.4 is 4.90 Å². The highest BCUT2D eigenvalue weighted by Gasteiger charge is 2.22. The number of nitrogens with zero attached hydrogens (tertiary/aromatic N) is 2. The van der Waals surface area contributed by atoms with E-state index in [9.17, 15) is 4.79 Å². The first-order valence-electron chi connectivity index (χ1n) is 8.13. The molecule has 0 aliphatic carbocycles. The summed E-state index contributed by atoms with van der Waals surface area (Å²) in [7, 11) is 0. The second-order valence-electron chi connectivity index (χ2n) is 6.22. The maximum atomic E-state index is 12.1. The van der Waals surface area contributed by atoms with Crippen LogP contribution in [0.5, 0.6) is 0 Å². The Bertz CT molecular complexity index is 479. The summed E-state index contributed by atoms with van der Waals surface area (Å²) >= 11 is 0. The van der Waals surface area contributed by atoms with E-state index in [1.807, 2.05) is 4.90 Å². The zero-order valence-corrected chi connectivity index (χ0v) is 13.9. The van der Waals surface area contributed by atoms with Crippen LogP contribution in [0, 0.1) is 20.8 Å². The van der Waals surface area contributed by atoms with Gasteiger partial charge in [-0.25, -0.2) is 0 Å². The molecule has 0 bridgehead atoms. The molecule has 0 N–H and O–H groups in total. The molecule has 0 spiro atoms. The van der Waals surface area contributed by atoms with Crippen molar-refractivity contribution in [3.63, 3.8) is 0 Å². The summed E-state index contributed by atoms with van der Waals surface area (Å²) < 4.78 is 0. The summed E-state index contributed by atoms with van der Waals surface area (Å²) in [6, 6.07) is 4.50. The second-order valence-corrected chi connectivity index (χ2v) is 6.22. The van der Waals surface area contributed by atoms with Crippen molar-refractivity contribution in [3.8, 4) is 0 Å². The third kappa shape index (κ3) is 3.78. The van der Waals surface area contributed by atoms with Gasteiger partial charge in [0, 0.05) is 38.3 Å². The maximum Gasteiger partial charge on any atom is 0.222 e. The van der Waals surface area contributed by atoms with Crippen LogP contribution in [0.15, 0.2) is 12.1 Å². The first-order chi connectivity index (χ1) is 10.0. The van der Waals surface area contributed by atoms with Crippen molar-refractivity contribution >= 4 is 11.6 Å². The molecule has 116 valence electrons. The standard InChI is InChI=1S/C18H28N2O/c1-5-6-7-17(21)19-8-10-20(11-9-19)18-15(3)12-14(2)13-16(18)4/h12-13H,5-11H2,1-4H3. The van der Waals surface area contributed by atoms with Gasteiger partial charge in [0.15, 0.2) is 0 Å². The van der Waals surface area contributed by atoms with E-state index >= 15 is 0 Å². The summed E-state index contributed by atoms with van der Waals surface area (Å²) in [6.07, 6.45) is 2.81. The van der Waals surface area contributed by atoms with Crippen molar-refractivity contribution in [1.82, 2.24) is 4.90 Å². The van der Waals surface area contributed by atoms with E-state index in [0.29, 0.717) is 12.3 Å². The van der Waals surface area contributed by atoms with Gasteiger partial charge in [-0.15, -0.1) is 0 Å². The van der Waals surface area contributed by atoms with Crippen LogP contribution in [-0.2, 0) is 4.79 Å². The first kappa shape index (κ1) is 15.9. The number of anilines is 1. The van der Waals surface area contributed by atoms with Gasteiger partial charge in [-0.1, -0.05) is 31.0 Å². The molecule has 21 heavy (non-hydrogen) atoms. The van der Waals surface area contributed by atoms with Gasteiger partial charge >= 0.3 is 0 Å². The van der Waals surface area contributed by atoms with Gasteiger partial charge in [-0.05, 0) is 38.3 Å². The highest BCUT2D eigenvalue weighted by molar-refractivity contribution is 5.76. The molecule has 1 fully saturated rings. The lowest BCUT2D eigenvalue weighted by Gasteiger charge is -2.37. The van der Waals surface area contributed by atoms with E-state index in [1.165, 1.54) is 22.4 Å². The third-order valence-electron chi connectivity index (χ3n) is 4.33. The molecule has 3 heteroatoms. The van der Waals surface area contributed by atoms with E-state index < -0.39 is 0 Å². The number of benzene rings is 1. The fourth-order valence-electron chi connectivity index (χ4n) is 3.34. The van der Waals surface area contributed by atoms with Crippen LogP contribution in [0.3, 0.4) is 0 Å². The molecule has 1 heterocycles. The molecular weight excluding hydrogens is 260 g/mol. The van der Waals surface area contributed by atoms with Gasteiger partial charge in [-0.2, -0.15) is 0 Å². The quantitative estimate of drug-likeness (QED) is 0.847. The van der Waals surface area contributed by atoms with Crippen LogP contribution in [0.1, 0.15) is 42.9 Å². The topological polar surface area (TPSA) is 23.6 Å². The molecule has 0 radical (unpaired) electrons. The zero-order chi connectivity index (χ0) is 15.4. The van der Waals surface area contributed by atoms with Crippen LogP contribution in [0.2, 0.25) is 0 Å². The van der Waals surface area contributed by atoms with Gasteiger partial charge in [-0.3, -0.25) is 4.79 Å². The number of rotatable bonds is 4.